The Morgan fingerprint density at radius 1 is 1.10 bits per heavy atom. The number of halogens is 3. The van der Waals surface area contributed by atoms with Gasteiger partial charge in [-0.05, 0) is 42.5 Å². The topological polar surface area (TPSA) is 92.2 Å². The molecule has 1 aromatic heterocycles. The lowest BCUT2D eigenvalue weighted by atomic mass is 10.1. The summed E-state index contributed by atoms with van der Waals surface area (Å²) in [7, 11) is 3.28. The van der Waals surface area contributed by atoms with Crippen molar-refractivity contribution in [2.24, 2.45) is 0 Å². The highest BCUT2D eigenvalue weighted by Gasteiger charge is 2.31. The Balaban J connectivity index is 1.72. The predicted octanol–water partition coefficient (Wildman–Crippen LogP) is 3.04. The van der Waals surface area contributed by atoms with E-state index in [1.54, 1.807) is 38.4 Å². The fraction of sp³-hybridized carbons (Fsp3) is 0.200. The number of carbonyl (C=O) groups excluding carboxylic acids is 2. The molecule has 8 nitrogen and oxygen atoms in total. The fourth-order valence-electron chi connectivity index (χ4n) is 2.71. The van der Waals surface area contributed by atoms with Crippen LogP contribution in [0.1, 0.15) is 15.9 Å². The van der Waals surface area contributed by atoms with Crippen LogP contribution in [0.3, 0.4) is 0 Å². The van der Waals surface area contributed by atoms with Gasteiger partial charge in [-0.3, -0.25) is 9.59 Å². The van der Waals surface area contributed by atoms with E-state index in [0.29, 0.717) is 11.3 Å². The van der Waals surface area contributed by atoms with Crippen LogP contribution in [0.2, 0.25) is 0 Å². The first-order valence-electron chi connectivity index (χ1n) is 9.07. The number of carbonyl (C=O) groups is 2. The molecule has 162 valence electrons. The molecule has 0 aliphatic heterocycles. The number of anilines is 2. The van der Waals surface area contributed by atoms with Crippen molar-refractivity contribution in [1.29, 1.82) is 0 Å². The molecule has 0 saturated heterocycles. The van der Waals surface area contributed by atoms with E-state index < -0.39 is 17.6 Å². The van der Waals surface area contributed by atoms with Crippen LogP contribution in [-0.4, -0.2) is 52.1 Å². The molecule has 3 rings (SSSR count). The maximum absolute atomic E-state index is 13.1. The lowest BCUT2D eigenvalue weighted by Crippen LogP contribution is -2.23. The maximum Gasteiger partial charge on any atom is 0.416 e. The standard InChI is InChI=1S/C20H19F3N6O2/c1-28(2)19(31)13-3-6-15(7-4-13)25-10-18(30)27-16-9-14(20(21,22)23)5-8-17(16)29-12-24-11-26-29/h3-9,11-12,25H,10H2,1-2H3,(H,27,30). The van der Waals surface area contributed by atoms with E-state index in [4.69, 9.17) is 0 Å². The van der Waals surface area contributed by atoms with Crippen molar-refractivity contribution in [3.63, 3.8) is 0 Å². The number of amides is 2. The minimum Gasteiger partial charge on any atom is -0.376 e. The van der Waals surface area contributed by atoms with Gasteiger partial charge in [0.2, 0.25) is 5.91 Å². The molecule has 2 amide bonds. The van der Waals surface area contributed by atoms with Gasteiger partial charge >= 0.3 is 6.18 Å². The highest BCUT2D eigenvalue weighted by Crippen LogP contribution is 2.33. The number of rotatable bonds is 6. The molecule has 3 aromatic rings. The Labute approximate surface area is 175 Å². The largest absolute Gasteiger partial charge is 0.416 e. The molecule has 0 spiro atoms. The van der Waals surface area contributed by atoms with Gasteiger partial charge in [0.1, 0.15) is 12.7 Å². The molecule has 11 heteroatoms. The van der Waals surface area contributed by atoms with Crippen LogP contribution in [0, 0.1) is 0 Å². The number of nitrogens with zero attached hydrogens (tertiary/aromatic N) is 4. The summed E-state index contributed by atoms with van der Waals surface area (Å²) in [5.74, 6) is -0.719. The van der Waals surface area contributed by atoms with E-state index in [1.165, 1.54) is 28.3 Å². The number of hydrogen-bond acceptors (Lipinski definition) is 5. The summed E-state index contributed by atoms with van der Waals surface area (Å²) in [6, 6.07) is 9.44. The number of aromatic nitrogens is 3. The molecular formula is C20H19F3N6O2. The molecule has 2 N–H and O–H groups in total. The van der Waals surface area contributed by atoms with Crippen LogP contribution in [0.4, 0.5) is 24.5 Å². The Morgan fingerprint density at radius 2 is 1.81 bits per heavy atom. The lowest BCUT2D eigenvalue weighted by Gasteiger charge is -2.15. The highest BCUT2D eigenvalue weighted by molar-refractivity contribution is 5.96. The Hall–Kier alpha value is -3.89. The predicted molar refractivity (Wildman–Crippen MR) is 108 cm³/mol. The van der Waals surface area contributed by atoms with E-state index in [-0.39, 0.29) is 23.8 Å². The SMILES string of the molecule is CN(C)C(=O)c1ccc(NCC(=O)Nc2cc(C(F)(F)F)ccc2-n2cncn2)cc1. The second-order valence-electron chi connectivity index (χ2n) is 6.75. The molecule has 0 atom stereocenters. The van der Waals surface area contributed by atoms with Crippen molar-refractivity contribution >= 4 is 23.2 Å². The average Bonchev–Trinajstić information content (AvgIpc) is 3.26. The Bertz CT molecular complexity index is 1060. The summed E-state index contributed by atoms with van der Waals surface area (Å²) in [6.07, 6.45) is -2.02. The molecule has 0 bridgehead atoms. The molecular weight excluding hydrogens is 413 g/mol. The molecule has 0 aliphatic carbocycles. The van der Waals surface area contributed by atoms with Crippen LogP contribution in [-0.2, 0) is 11.0 Å². The van der Waals surface area contributed by atoms with Crippen molar-refractivity contribution in [2.45, 2.75) is 6.18 Å². The second-order valence-corrected chi connectivity index (χ2v) is 6.75. The minimum atomic E-state index is -4.57. The highest BCUT2D eigenvalue weighted by atomic mass is 19.4. The first-order valence-corrected chi connectivity index (χ1v) is 9.07. The third kappa shape index (κ3) is 5.38. The zero-order chi connectivity index (χ0) is 22.6. The Kier molecular flexibility index (Phi) is 6.23. The quantitative estimate of drug-likeness (QED) is 0.625. The molecule has 1 heterocycles. The molecule has 0 fully saturated rings. The van der Waals surface area contributed by atoms with Crippen molar-refractivity contribution in [2.75, 3.05) is 31.3 Å². The van der Waals surface area contributed by atoms with Crippen molar-refractivity contribution in [3.8, 4) is 5.69 Å². The Morgan fingerprint density at radius 3 is 2.39 bits per heavy atom. The van der Waals surface area contributed by atoms with Gasteiger partial charge in [0.25, 0.3) is 5.91 Å². The van der Waals surface area contributed by atoms with Gasteiger partial charge in [-0.15, -0.1) is 0 Å². The fourth-order valence-corrected chi connectivity index (χ4v) is 2.71. The summed E-state index contributed by atoms with van der Waals surface area (Å²) in [4.78, 5) is 29.5. The molecule has 2 aromatic carbocycles. The third-order valence-corrected chi connectivity index (χ3v) is 4.25. The summed E-state index contributed by atoms with van der Waals surface area (Å²) in [5.41, 5.74) is 0.345. The first kappa shape index (κ1) is 21.8. The summed E-state index contributed by atoms with van der Waals surface area (Å²) in [6.45, 7) is -0.200. The van der Waals surface area contributed by atoms with Gasteiger partial charge in [-0.2, -0.15) is 18.3 Å². The molecule has 31 heavy (non-hydrogen) atoms. The second kappa shape index (κ2) is 8.86. The van der Waals surface area contributed by atoms with E-state index >= 15 is 0 Å². The zero-order valence-corrected chi connectivity index (χ0v) is 16.6. The summed E-state index contributed by atoms with van der Waals surface area (Å²) >= 11 is 0. The minimum absolute atomic E-state index is 0.0564. The van der Waals surface area contributed by atoms with Crippen molar-refractivity contribution in [3.05, 3.63) is 66.2 Å². The normalized spacial score (nSPS) is 11.1. The van der Waals surface area contributed by atoms with E-state index in [2.05, 4.69) is 20.7 Å². The van der Waals surface area contributed by atoms with Gasteiger partial charge < -0.3 is 15.5 Å². The van der Waals surface area contributed by atoms with Crippen LogP contribution in [0.25, 0.3) is 5.69 Å². The van der Waals surface area contributed by atoms with Gasteiger partial charge in [-0.25, -0.2) is 9.67 Å². The van der Waals surface area contributed by atoms with Gasteiger partial charge in [-0.1, -0.05) is 0 Å². The number of alkyl halides is 3. The van der Waals surface area contributed by atoms with E-state index in [1.807, 2.05) is 0 Å². The van der Waals surface area contributed by atoms with E-state index in [9.17, 15) is 22.8 Å². The molecule has 0 unspecified atom stereocenters. The van der Waals surface area contributed by atoms with Gasteiger partial charge in [0.05, 0.1) is 23.5 Å². The van der Waals surface area contributed by atoms with Gasteiger partial charge in [0, 0.05) is 25.3 Å². The first-order chi connectivity index (χ1) is 14.6. The number of hydrogen-bond donors (Lipinski definition) is 2. The third-order valence-electron chi connectivity index (χ3n) is 4.25. The van der Waals surface area contributed by atoms with Crippen LogP contribution >= 0.6 is 0 Å². The van der Waals surface area contributed by atoms with Gasteiger partial charge in [0.15, 0.2) is 0 Å². The lowest BCUT2D eigenvalue weighted by molar-refractivity contribution is -0.137. The summed E-state index contributed by atoms with van der Waals surface area (Å²) in [5, 5.41) is 9.24. The maximum atomic E-state index is 13.1. The molecule has 0 saturated carbocycles. The smallest absolute Gasteiger partial charge is 0.376 e. The monoisotopic (exact) mass is 432 g/mol. The number of benzene rings is 2. The average molecular weight is 432 g/mol. The molecule has 0 aliphatic rings. The summed E-state index contributed by atoms with van der Waals surface area (Å²) < 4.78 is 40.6. The van der Waals surface area contributed by atoms with Crippen LogP contribution in [0.5, 0.6) is 0 Å². The van der Waals surface area contributed by atoms with Crippen molar-refractivity contribution in [1.82, 2.24) is 19.7 Å². The zero-order valence-electron chi connectivity index (χ0n) is 16.6. The molecule has 0 radical (unpaired) electrons. The van der Waals surface area contributed by atoms with Crippen LogP contribution < -0.4 is 10.6 Å². The van der Waals surface area contributed by atoms with Crippen LogP contribution in [0.15, 0.2) is 55.1 Å². The van der Waals surface area contributed by atoms with Crippen molar-refractivity contribution < 1.29 is 22.8 Å². The number of nitrogens with one attached hydrogen (secondary N) is 2. The van der Waals surface area contributed by atoms with E-state index in [0.717, 1.165) is 12.1 Å².